The lowest BCUT2D eigenvalue weighted by molar-refractivity contribution is 0.624. The van der Waals surface area contributed by atoms with E-state index in [0.29, 0.717) is 17.1 Å². The molecule has 5 nitrogen and oxygen atoms in total. The number of H-pyrrole nitrogens is 1. The van der Waals surface area contributed by atoms with Crippen LogP contribution in [-0.2, 0) is 0 Å². The van der Waals surface area contributed by atoms with Crippen LogP contribution in [0.25, 0.3) is 16.9 Å². The van der Waals surface area contributed by atoms with E-state index in [4.69, 9.17) is 0 Å². The minimum atomic E-state index is -0.382. The van der Waals surface area contributed by atoms with Gasteiger partial charge >= 0.3 is 0 Å². The molecule has 0 aliphatic heterocycles. The van der Waals surface area contributed by atoms with Crippen molar-refractivity contribution in [2.45, 2.75) is 31.7 Å². The summed E-state index contributed by atoms with van der Waals surface area (Å²) < 4.78 is 29.6. The normalized spacial score (nSPS) is 15.1. The largest absolute Gasteiger partial charge is 0.376 e. The molecule has 0 amide bonds. The zero-order chi connectivity index (χ0) is 19.3. The molecule has 4 aromatic rings. The van der Waals surface area contributed by atoms with Crippen molar-refractivity contribution in [3.05, 3.63) is 71.7 Å². The van der Waals surface area contributed by atoms with Crippen molar-refractivity contribution in [2.75, 3.05) is 5.32 Å². The van der Waals surface area contributed by atoms with Gasteiger partial charge in [-0.05, 0) is 43.5 Å². The maximum Gasteiger partial charge on any atom is 0.160 e. The molecule has 0 spiro atoms. The first-order valence-corrected chi connectivity index (χ1v) is 9.33. The van der Waals surface area contributed by atoms with Gasteiger partial charge < -0.3 is 5.32 Å². The number of halogens is 2. The van der Waals surface area contributed by atoms with Gasteiger partial charge in [-0.1, -0.05) is 12.1 Å². The average molecular weight is 379 g/mol. The number of aromatic nitrogens is 4. The molecule has 0 saturated heterocycles. The first-order valence-electron chi connectivity index (χ1n) is 9.33. The van der Waals surface area contributed by atoms with E-state index in [1.54, 1.807) is 24.5 Å². The van der Waals surface area contributed by atoms with Crippen molar-refractivity contribution >= 4 is 16.7 Å². The molecule has 1 aliphatic carbocycles. The van der Waals surface area contributed by atoms with E-state index in [2.05, 4.69) is 20.5 Å². The van der Waals surface area contributed by atoms with Crippen molar-refractivity contribution in [2.24, 2.45) is 0 Å². The monoisotopic (exact) mass is 379 g/mol. The van der Waals surface area contributed by atoms with Crippen molar-refractivity contribution < 1.29 is 8.78 Å². The minimum absolute atomic E-state index is 0.184. The Balaban J connectivity index is 1.48. The number of anilines is 1. The summed E-state index contributed by atoms with van der Waals surface area (Å²) >= 11 is 0. The number of nitrogens with zero attached hydrogens (tertiary/aromatic N) is 3. The number of imidazole rings is 1. The van der Waals surface area contributed by atoms with Crippen LogP contribution in [0.4, 0.5) is 14.5 Å². The number of hydrogen-bond donors (Lipinski definition) is 2. The number of benzene rings is 2. The molecule has 28 heavy (non-hydrogen) atoms. The quantitative estimate of drug-likeness (QED) is 0.509. The average Bonchev–Trinajstić information content (AvgIpc) is 3.28. The second-order valence-corrected chi connectivity index (χ2v) is 7.31. The van der Waals surface area contributed by atoms with Crippen molar-refractivity contribution in [1.29, 1.82) is 0 Å². The fraction of sp³-hybridized carbons (Fsp3) is 0.238. The Kier molecular flexibility index (Phi) is 3.89. The first-order chi connectivity index (χ1) is 13.6. The molecule has 0 radical (unpaired) electrons. The molecule has 1 saturated carbocycles. The number of fused-ring (bicyclic) bond motifs is 1. The molecule has 2 aromatic carbocycles. The molecule has 1 aliphatic rings. The number of aromatic amines is 1. The maximum absolute atomic E-state index is 14.6. The van der Waals surface area contributed by atoms with Gasteiger partial charge in [0.1, 0.15) is 18.0 Å². The van der Waals surface area contributed by atoms with Crippen LogP contribution < -0.4 is 5.32 Å². The lowest BCUT2D eigenvalue weighted by Gasteiger charge is -2.16. The third kappa shape index (κ3) is 3.02. The van der Waals surface area contributed by atoms with E-state index < -0.39 is 0 Å². The van der Waals surface area contributed by atoms with Gasteiger partial charge in [0.05, 0.1) is 16.7 Å². The molecule has 1 atom stereocenters. The van der Waals surface area contributed by atoms with Gasteiger partial charge in [-0.25, -0.2) is 13.8 Å². The molecule has 0 bridgehead atoms. The van der Waals surface area contributed by atoms with E-state index in [1.807, 2.05) is 17.6 Å². The Morgan fingerprint density at radius 2 is 1.93 bits per heavy atom. The Bertz CT molecular complexity index is 1140. The Hall–Kier alpha value is -3.22. The molecule has 2 aromatic heterocycles. The highest BCUT2D eigenvalue weighted by molar-refractivity contribution is 5.81. The Morgan fingerprint density at radius 1 is 1.14 bits per heavy atom. The van der Waals surface area contributed by atoms with Crippen molar-refractivity contribution in [1.82, 2.24) is 19.7 Å². The van der Waals surface area contributed by atoms with E-state index in [0.717, 1.165) is 22.6 Å². The van der Waals surface area contributed by atoms with Gasteiger partial charge in [0, 0.05) is 29.8 Å². The van der Waals surface area contributed by atoms with E-state index in [-0.39, 0.29) is 17.7 Å². The number of rotatable bonds is 5. The van der Waals surface area contributed by atoms with E-state index >= 15 is 0 Å². The fourth-order valence-electron chi connectivity index (χ4n) is 3.44. The van der Waals surface area contributed by atoms with Gasteiger partial charge in [-0.2, -0.15) is 5.10 Å². The molecular weight excluding hydrogens is 360 g/mol. The van der Waals surface area contributed by atoms with Crippen LogP contribution in [0.15, 0.2) is 48.8 Å². The van der Waals surface area contributed by atoms with Crippen LogP contribution in [0.1, 0.15) is 43.0 Å². The lowest BCUT2D eigenvalue weighted by atomic mass is 10.1. The summed E-state index contributed by atoms with van der Waals surface area (Å²) in [4.78, 5) is 4.31. The summed E-state index contributed by atoms with van der Waals surface area (Å²) in [5, 5.41) is 10.6. The second-order valence-electron chi connectivity index (χ2n) is 7.31. The smallest absolute Gasteiger partial charge is 0.160 e. The van der Waals surface area contributed by atoms with Gasteiger partial charge in [0.2, 0.25) is 0 Å². The number of nitrogens with one attached hydrogen (secondary N) is 2. The van der Waals surface area contributed by atoms with E-state index in [1.165, 1.54) is 31.0 Å². The van der Waals surface area contributed by atoms with Crippen molar-refractivity contribution in [3.63, 3.8) is 0 Å². The van der Waals surface area contributed by atoms with Gasteiger partial charge in [0.15, 0.2) is 5.82 Å². The molecule has 0 unspecified atom stereocenters. The fourth-order valence-corrected chi connectivity index (χ4v) is 3.44. The zero-order valence-corrected chi connectivity index (χ0v) is 15.3. The third-order valence-corrected chi connectivity index (χ3v) is 5.23. The molecule has 2 heterocycles. The number of hydrogen-bond acceptors (Lipinski definition) is 3. The molecule has 1 fully saturated rings. The van der Waals surface area contributed by atoms with E-state index in [9.17, 15) is 8.78 Å². The highest BCUT2D eigenvalue weighted by atomic mass is 19.1. The predicted molar refractivity (Wildman–Crippen MR) is 104 cm³/mol. The highest BCUT2D eigenvalue weighted by Gasteiger charge is 2.26. The lowest BCUT2D eigenvalue weighted by Crippen LogP contribution is -2.08. The Labute approximate surface area is 160 Å². The van der Waals surface area contributed by atoms with Gasteiger partial charge in [-0.3, -0.25) is 9.67 Å². The third-order valence-electron chi connectivity index (χ3n) is 5.23. The van der Waals surface area contributed by atoms with Gasteiger partial charge in [0.25, 0.3) is 0 Å². The first kappa shape index (κ1) is 16.9. The van der Waals surface area contributed by atoms with Crippen LogP contribution >= 0.6 is 0 Å². The highest BCUT2D eigenvalue weighted by Crippen LogP contribution is 2.39. The standard InChI is InChI=1S/C21H19F2N5/c1-12(13-4-6-15(22)7-5-13)25-18-9-20-19(8-16(18)23)24-11-28(20)21-10-17(26-27-21)14-2-3-14/h4-12,14,25H,2-3H2,1H3,(H,26,27)/t12-/m0/s1. The van der Waals surface area contributed by atoms with Gasteiger partial charge in [-0.15, -0.1) is 0 Å². The summed E-state index contributed by atoms with van der Waals surface area (Å²) in [5.74, 6) is 0.639. The molecule has 142 valence electrons. The van der Waals surface area contributed by atoms with Crippen LogP contribution in [0.3, 0.4) is 0 Å². The van der Waals surface area contributed by atoms with Crippen LogP contribution in [0, 0.1) is 11.6 Å². The summed E-state index contributed by atoms with van der Waals surface area (Å²) in [5.41, 5.74) is 3.69. The molecular formula is C21H19F2N5. The molecule has 7 heteroatoms. The van der Waals surface area contributed by atoms with Crippen molar-refractivity contribution in [3.8, 4) is 5.82 Å². The predicted octanol–water partition coefficient (Wildman–Crippen LogP) is 5.08. The zero-order valence-electron chi connectivity index (χ0n) is 15.3. The second kappa shape index (κ2) is 6.44. The maximum atomic E-state index is 14.6. The summed E-state index contributed by atoms with van der Waals surface area (Å²) in [6.07, 6.45) is 4.03. The minimum Gasteiger partial charge on any atom is -0.376 e. The van der Waals surface area contributed by atoms with Crippen LogP contribution in [-0.4, -0.2) is 19.7 Å². The summed E-state index contributed by atoms with van der Waals surface area (Å²) in [7, 11) is 0. The summed E-state index contributed by atoms with van der Waals surface area (Å²) in [6, 6.07) is 11.2. The van der Waals surface area contributed by atoms with Crippen LogP contribution in [0.5, 0.6) is 0 Å². The molecule has 5 rings (SSSR count). The molecule has 2 N–H and O–H groups in total. The Morgan fingerprint density at radius 3 is 2.68 bits per heavy atom. The van der Waals surface area contributed by atoms with Crippen LogP contribution in [0.2, 0.25) is 0 Å². The summed E-state index contributed by atoms with van der Waals surface area (Å²) in [6.45, 7) is 1.91. The SMILES string of the molecule is C[C@H](Nc1cc2c(cc1F)ncn2-c1cc(C2CC2)[nH]n1)c1ccc(F)cc1. The topological polar surface area (TPSA) is 58.5 Å².